The van der Waals surface area contributed by atoms with Crippen LogP contribution in [-0.2, 0) is 11.2 Å². The zero-order chi connectivity index (χ0) is 24.7. The summed E-state index contributed by atoms with van der Waals surface area (Å²) in [4.78, 5) is 13.5. The lowest BCUT2D eigenvalue weighted by Crippen LogP contribution is -2.44. The largest absolute Gasteiger partial charge is 0.515 e. The monoisotopic (exact) mass is 481 g/mol. The molecule has 0 saturated heterocycles. The maximum Gasteiger partial charge on any atom is 0.233 e. The van der Waals surface area contributed by atoms with E-state index in [0.717, 1.165) is 37.5 Å². The molecule has 5 rings (SSSR count). The number of methoxy groups -OCH3 is 1. The van der Waals surface area contributed by atoms with Crippen molar-refractivity contribution in [1.29, 1.82) is 0 Å². The summed E-state index contributed by atoms with van der Waals surface area (Å²) >= 11 is 0. The number of aliphatic hydroxyl groups excluding tert-OH is 2. The molecule has 0 bridgehead atoms. The van der Waals surface area contributed by atoms with Gasteiger partial charge in [0.25, 0.3) is 0 Å². The molecule has 0 aliphatic heterocycles. The first-order valence-corrected chi connectivity index (χ1v) is 12.4. The van der Waals surface area contributed by atoms with Crippen molar-refractivity contribution in [2.75, 3.05) is 12.4 Å². The van der Waals surface area contributed by atoms with Crippen LogP contribution in [0.1, 0.15) is 56.1 Å². The Bertz CT molecular complexity index is 1140. The van der Waals surface area contributed by atoms with Crippen LogP contribution in [0.3, 0.4) is 0 Å². The summed E-state index contributed by atoms with van der Waals surface area (Å²) in [6, 6.07) is 8.44. The molecule has 1 heterocycles. The molecule has 3 N–H and O–H groups in total. The fourth-order valence-electron chi connectivity index (χ4n) is 7.07. The SMILES string of the molecule is COc1ccc(NC(O)CC[C@@H]2/C(=C/O)C(=O)[C@@]3(C)CCC4c5ccc(F)cc5CCC4C23)nn1. The van der Waals surface area contributed by atoms with E-state index in [2.05, 4.69) is 15.5 Å². The molecule has 0 radical (unpaired) electrons. The summed E-state index contributed by atoms with van der Waals surface area (Å²) in [7, 11) is 1.51. The van der Waals surface area contributed by atoms with Crippen LogP contribution in [0, 0.1) is 29.0 Å². The van der Waals surface area contributed by atoms with Gasteiger partial charge in [-0.15, -0.1) is 10.2 Å². The Hall–Kier alpha value is -3.00. The highest BCUT2D eigenvalue weighted by Crippen LogP contribution is 2.63. The zero-order valence-electron chi connectivity index (χ0n) is 20.1. The van der Waals surface area contributed by atoms with E-state index in [-0.39, 0.29) is 35.3 Å². The number of hydrogen-bond acceptors (Lipinski definition) is 7. The number of nitrogens with one attached hydrogen (secondary N) is 1. The molecule has 2 saturated carbocycles. The number of aromatic nitrogens is 2. The Balaban J connectivity index is 1.36. The Morgan fingerprint density at radius 3 is 2.83 bits per heavy atom. The first-order valence-electron chi connectivity index (χ1n) is 12.4. The summed E-state index contributed by atoms with van der Waals surface area (Å²) in [5.74, 6) is 1.11. The van der Waals surface area contributed by atoms with Gasteiger partial charge in [0.05, 0.1) is 13.4 Å². The number of carbonyl (C=O) groups excluding carboxylic acids is 1. The van der Waals surface area contributed by atoms with Crippen LogP contribution in [0.15, 0.2) is 42.2 Å². The Morgan fingerprint density at radius 2 is 2.11 bits per heavy atom. The lowest BCUT2D eigenvalue weighted by atomic mass is 9.54. The summed E-state index contributed by atoms with van der Waals surface area (Å²) in [5.41, 5.74) is 2.23. The van der Waals surface area contributed by atoms with Crippen LogP contribution >= 0.6 is 0 Å². The molecule has 186 valence electrons. The third-order valence-electron chi connectivity index (χ3n) is 8.61. The molecule has 2 fully saturated rings. The number of anilines is 1. The van der Waals surface area contributed by atoms with Gasteiger partial charge < -0.3 is 20.3 Å². The van der Waals surface area contributed by atoms with Gasteiger partial charge in [0.15, 0.2) is 11.6 Å². The van der Waals surface area contributed by atoms with E-state index >= 15 is 0 Å². The number of hydrogen-bond donors (Lipinski definition) is 3. The number of aryl methyl sites for hydroxylation is 1. The maximum atomic E-state index is 13.9. The predicted octanol–water partition coefficient (Wildman–Crippen LogP) is 4.54. The second-order valence-electron chi connectivity index (χ2n) is 10.4. The second-order valence-corrected chi connectivity index (χ2v) is 10.4. The van der Waals surface area contributed by atoms with Gasteiger partial charge in [-0.25, -0.2) is 4.39 Å². The van der Waals surface area contributed by atoms with Crippen molar-refractivity contribution < 1.29 is 24.1 Å². The minimum atomic E-state index is -0.881. The highest BCUT2D eigenvalue weighted by molar-refractivity contribution is 6.03. The quantitative estimate of drug-likeness (QED) is 0.316. The maximum absolute atomic E-state index is 13.9. The number of nitrogens with zero attached hydrogens (tertiary/aromatic N) is 2. The van der Waals surface area contributed by atoms with Crippen LogP contribution in [-0.4, -0.2) is 39.5 Å². The van der Waals surface area contributed by atoms with Gasteiger partial charge >= 0.3 is 0 Å². The number of ether oxygens (including phenoxy) is 1. The minimum Gasteiger partial charge on any atom is -0.515 e. The van der Waals surface area contributed by atoms with Crippen molar-refractivity contribution in [3.63, 3.8) is 0 Å². The average Bonchev–Trinajstić information content (AvgIpc) is 3.08. The van der Waals surface area contributed by atoms with E-state index in [4.69, 9.17) is 4.74 Å². The van der Waals surface area contributed by atoms with Crippen molar-refractivity contribution in [2.24, 2.45) is 23.2 Å². The van der Waals surface area contributed by atoms with Gasteiger partial charge in [-0.3, -0.25) is 4.79 Å². The molecule has 6 atom stereocenters. The molecule has 7 nitrogen and oxygen atoms in total. The molecule has 8 heteroatoms. The number of halogens is 1. The predicted molar refractivity (Wildman–Crippen MR) is 128 cm³/mol. The van der Waals surface area contributed by atoms with E-state index < -0.39 is 11.6 Å². The number of allylic oxidation sites excluding steroid dienone is 1. The minimum absolute atomic E-state index is 0.0295. The first kappa shape index (κ1) is 23.7. The van der Waals surface area contributed by atoms with Crippen LogP contribution in [0.4, 0.5) is 10.2 Å². The standard InChI is InChI=1S/C27H32FN3O4/c1-27-12-11-18-17-6-4-16(28)13-15(17)3-5-19(18)25(27)20(21(14-32)26(27)34)7-9-23(33)29-22-8-10-24(35-2)31-30-22/h4,6,8,10,13-14,18-20,23,25,32-33H,3,5,7,9,11-12H2,1-2H3,(H,29,30)/b21-14-/t18?,19?,20-,23?,25?,27+/m1/s1. The van der Waals surface area contributed by atoms with Crippen molar-refractivity contribution in [3.05, 3.63) is 59.1 Å². The summed E-state index contributed by atoms with van der Waals surface area (Å²) in [5, 5.41) is 31.6. The van der Waals surface area contributed by atoms with Crippen molar-refractivity contribution in [2.45, 2.75) is 57.6 Å². The fraction of sp³-hybridized carbons (Fsp3) is 0.519. The third kappa shape index (κ3) is 4.07. The summed E-state index contributed by atoms with van der Waals surface area (Å²) in [6.45, 7) is 2.04. The highest BCUT2D eigenvalue weighted by atomic mass is 19.1. The second kappa shape index (κ2) is 9.22. The molecule has 1 aromatic carbocycles. The number of rotatable bonds is 6. The van der Waals surface area contributed by atoms with E-state index in [1.165, 1.54) is 18.7 Å². The van der Waals surface area contributed by atoms with Gasteiger partial charge in [-0.1, -0.05) is 13.0 Å². The number of Topliss-reactive ketones (excluding diaryl/α,β-unsaturated/α-hetero) is 1. The molecular formula is C27H32FN3O4. The Kier molecular flexibility index (Phi) is 6.25. The smallest absolute Gasteiger partial charge is 0.233 e. The molecule has 1 aromatic heterocycles. The highest BCUT2D eigenvalue weighted by Gasteiger charge is 2.60. The van der Waals surface area contributed by atoms with Crippen LogP contribution in [0.5, 0.6) is 5.88 Å². The van der Waals surface area contributed by atoms with E-state index in [1.54, 1.807) is 18.2 Å². The van der Waals surface area contributed by atoms with Crippen LogP contribution < -0.4 is 10.1 Å². The molecule has 0 spiro atoms. The van der Waals surface area contributed by atoms with Crippen molar-refractivity contribution in [3.8, 4) is 5.88 Å². The fourth-order valence-corrected chi connectivity index (χ4v) is 7.07. The first-order chi connectivity index (χ1) is 16.9. The molecule has 3 aliphatic rings. The van der Waals surface area contributed by atoms with E-state index in [0.29, 0.717) is 30.1 Å². The number of aliphatic hydroxyl groups is 2. The van der Waals surface area contributed by atoms with Crippen molar-refractivity contribution in [1.82, 2.24) is 10.2 Å². The van der Waals surface area contributed by atoms with Crippen LogP contribution in [0.25, 0.3) is 0 Å². The van der Waals surface area contributed by atoms with E-state index in [1.807, 2.05) is 13.0 Å². The Morgan fingerprint density at radius 1 is 1.29 bits per heavy atom. The van der Waals surface area contributed by atoms with Crippen molar-refractivity contribution >= 4 is 11.6 Å². The summed E-state index contributed by atoms with van der Waals surface area (Å²) < 4.78 is 18.9. The summed E-state index contributed by atoms with van der Waals surface area (Å²) in [6.07, 6.45) is 4.36. The number of benzene rings is 1. The van der Waals surface area contributed by atoms with Gasteiger partial charge in [0.2, 0.25) is 5.88 Å². The molecule has 35 heavy (non-hydrogen) atoms. The lowest BCUT2D eigenvalue weighted by Gasteiger charge is -2.49. The molecule has 0 amide bonds. The molecule has 4 unspecified atom stereocenters. The Labute approximate surface area is 204 Å². The van der Waals surface area contributed by atoms with Gasteiger partial charge in [-0.05, 0) is 91.5 Å². The lowest BCUT2D eigenvalue weighted by molar-refractivity contribution is -0.127. The topological polar surface area (TPSA) is 105 Å². The van der Waals surface area contributed by atoms with Gasteiger partial charge in [0, 0.05) is 17.1 Å². The normalized spacial score (nSPS) is 31.4. The third-order valence-corrected chi connectivity index (χ3v) is 8.61. The van der Waals surface area contributed by atoms with Gasteiger partial charge in [0.1, 0.15) is 12.0 Å². The molecule has 3 aliphatic carbocycles. The van der Waals surface area contributed by atoms with Crippen LogP contribution in [0.2, 0.25) is 0 Å². The van der Waals surface area contributed by atoms with Gasteiger partial charge in [-0.2, -0.15) is 0 Å². The molecular weight excluding hydrogens is 449 g/mol. The number of carbonyl (C=O) groups is 1. The molecule has 2 aromatic rings. The zero-order valence-corrected chi connectivity index (χ0v) is 20.1. The average molecular weight is 482 g/mol. The van der Waals surface area contributed by atoms with E-state index in [9.17, 15) is 19.4 Å². The number of ketones is 1. The number of fused-ring (bicyclic) bond motifs is 5.